The number of thioether (sulfide) groups is 1. The Morgan fingerprint density at radius 1 is 1.23 bits per heavy atom. The van der Waals surface area contributed by atoms with Crippen LogP contribution in [0.25, 0.3) is 6.08 Å². The number of likely N-dealkylation sites (tertiary alicyclic amines) is 1. The van der Waals surface area contributed by atoms with Gasteiger partial charge >= 0.3 is 6.03 Å². The van der Waals surface area contributed by atoms with Crippen molar-refractivity contribution in [1.82, 2.24) is 20.2 Å². The van der Waals surface area contributed by atoms with E-state index in [1.807, 2.05) is 42.3 Å². The smallest absolute Gasteiger partial charge is 0.321 e. The Morgan fingerprint density at radius 3 is 2.63 bits per heavy atom. The van der Waals surface area contributed by atoms with Gasteiger partial charge in [0, 0.05) is 56.9 Å². The van der Waals surface area contributed by atoms with Gasteiger partial charge in [-0.3, -0.25) is 14.9 Å². The van der Waals surface area contributed by atoms with Crippen molar-refractivity contribution in [3.05, 3.63) is 47.0 Å². The standard InChI is InChI=1S/C23H25N7O4S/c1-28(7-8-31)18-10-16(9-17-19(32)27-22(34)35-17)24-20(26-18)29-11-23(12-29)13-30(14-23)21(33)25-15-5-3-2-4-6-15/h2-6,9-10,31H,7-8,11-14H2,1H3,(H,25,33)(H,27,32,34)/b17-9-. The minimum Gasteiger partial charge on any atom is -0.395 e. The third kappa shape index (κ3) is 4.80. The molecule has 0 unspecified atom stereocenters. The van der Waals surface area contributed by atoms with Crippen LogP contribution in [0.2, 0.25) is 0 Å². The monoisotopic (exact) mass is 495 g/mol. The molecule has 3 N–H and O–H groups in total. The molecule has 182 valence electrons. The van der Waals surface area contributed by atoms with Gasteiger partial charge in [-0.05, 0) is 30.0 Å². The fourth-order valence-electron chi connectivity index (χ4n) is 4.41. The summed E-state index contributed by atoms with van der Waals surface area (Å²) in [5, 5.41) is 14.1. The molecule has 0 atom stereocenters. The summed E-state index contributed by atoms with van der Waals surface area (Å²) in [5.41, 5.74) is 1.28. The number of carbonyl (C=O) groups is 3. The number of aromatic nitrogens is 2. The number of likely N-dealkylation sites (N-methyl/N-ethyl adjacent to an activating group) is 1. The summed E-state index contributed by atoms with van der Waals surface area (Å²) < 4.78 is 0. The Morgan fingerprint density at radius 2 is 1.97 bits per heavy atom. The molecule has 0 bridgehead atoms. The summed E-state index contributed by atoms with van der Waals surface area (Å²) in [6.07, 6.45) is 1.57. The number of carbonyl (C=O) groups excluding carboxylic acids is 3. The van der Waals surface area contributed by atoms with Crippen LogP contribution in [-0.2, 0) is 4.79 Å². The predicted molar refractivity (Wildman–Crippen MR) is 133 cm³/mol. The number of anilines is 3. The second kappa shape index (κ2) is 9.19. The predicted octanol–water partition coefficient (Wildman–Crippen LogP) is 1.58. The van der Waals surface area contributed by atoms with E-state index in [4.69, 9.17) is 0 Å². The van der Waals surface area contributed by atoms with Gasteiger partial charge in [0.1, 0.15) is 5.82 Å². The lowest BCUT2D eigenvalue weighted by molar-refractivity contribution is -0.115. The number of aliphatic hydroxyl groups is 1. The third-order valence-corrected chi connectivity index (χ3v) is 6.98. The number of imide groups is 1. The van der Waals surface area contributed by atoms with Crippen molar-refractivity contribution in [2.24, 2.45) is 5.41 Å². The minimum atomic E-state index is -0.448. The highest BCUT2D eigenvalue weighted by molar-refractivity contribution is 8.18. The Hall–Kier alpha value is -3.64. The number of para-hydroxylation sites is 1. The molecular weight excluding hydrogens is 470 g/mol. The van der Waals surface area contributed by atoms with Gasteiger partial charge in [0.2, 0.25) is 5.95 Å². The maximum absolute atomic E-state index is 12.5. The van der Waals surface area contributed by atoms with Crippen LogP contribution < -0.4 is 20.4 Å². The van der Waals surface area contributed by atoms with E-state index in [1.54, 1.807) is 21.9 Å². The molecule has 5 rings (SSSR count). The fraction of sp³-hybridized carbons (Fsp3) is 0.348. The molecule has 0 aliphatic carbocycles. The lowest BCUT2D eigenvalue weighted by Gasteiger charge is -2.59. The maximum atomic E-state index is 12.5. The van der Waals surface area contributed by atoms with Crippen molar-refractivity contribution < 1.29 is 19.5 Å². The maximum Gasteiger partial charge on any atom is 0.321 e. The van der Waals surface area contributed by atoms with Crippen LogP contribution in [0.3, 0.4) is 0 Å². The van der Waals surface area contributed by atoms with E-state index in [1.165, 1.54) is 0 Å². The zero-order valence-corrected chi connectivity index (χ0v) is 19.9. The van der Waals surface area contributed by atoms with E-state index in [-0.39, 0.29) is 23.0 Å². The molecule has 3 aliphatic rings. The van der Waals surface area contributed by atoms with Gasteiger partial charge in [-0.25, -0.2) is 9.78 Å². The lowest BCUT2D eigenvalue weighted by atomic mass is 9.73. The van der Waals surface area contributed by atoms with Gasteiger partial charge in [0.05, 0.1) is 17.2 Å². The highest BCUT2D eigenvalue weighted by Gasteiger charge is 2.54. The number of aliphatic hydroxyl groups excluding tert-OH is 1. The lowest BCUT2D eigenvalue weighted by Crippen LogP contribution is -2.73. The van der Waals surface area contributed by atoms with E-state index in [0.29, 0.717) is 50.2 Å². The van der Waals surface area contributed by atoms with Crippen molar-refractivity contribution >= 4 is 52.5 Å². The first-order valence-corrected chi connectivity index (χ1v) is 12.0. The van der Waals surface area contributed by atoms with Crippen LogP contribution in [0.5, 0.6) is 0 Å². The molecule has 3 fully saturated rings. The fourth-order valence-corrected chi connectivity index (χ4v) is 5.07. The van der Waals surface area contributed by atoms with E-state index in [9.17, 15) is 19.5 Å². The molecule has 2 aromatic rings. The summed E-state index contributed by atoms with van der Waals surface area (Å²) in [5.74, 6) is 0.660. The number of nitrogens with one attached hydrogen (secondary N) is 2. The Labute approximate surface area is 206 Å². The topological polar surface area (TPSA) is 131 Å². The molecule has 35 heavy (non-hydrogen) atoms. The molecule has 0 saturated carbocycles. The summed E-state index contributed by atoms with van der Waals surface area (Å²) in [6.45, 7) is 3.07. The number of hydrogen-bond acceptors (Lipinski definition) is 9. The Kier molecular flexibility index (Phi) is 6.07. The van der Waals surface area contributed by atoms with Crippen molar-refractivity contribution in [1.29, 1.82) is 0 Å². The van der Waals surface area contributed by atoms with E-state index in [0.717, 1.165) is 17.4 Å². The first-order valence-electron chi connectivity index (χ1n) is 11.2. The molecule has 4 heterocycles. The normalized spacial score (nSPS) is 19.4. The number of rotatable bonds is 6. The molecule has 12 heteroatoms. The molecule has 1 aromatic carbocycles. The van der Waals surface area contributed by atoms with Gasteiger partial charge in [-0.1, -0.05) is 18.2 Å². The first kappa shape index (κ1) is 23.1. The first-order chi connectivity index (χ1) is 16.8. The van der Waals surface area contributed by atoms with Crippen LogP contribution in [-0.4, -0.2) is 83.5 Å². The molecule has 0 radical (unpaired) electrons. The molecule has 1 spiro atoms. The second-order valence-corrected chi connectivity index (χ2v) is 9.97. The quantitative estimate of drug-likeness (QED) is 0.511. The van der Waals surface area contributed by atoms with Crippen LogP contribution in [0.15, 0.2) is 41.3 Å². The summed E-state index contributed by atoms with van der Waals surface area (Å²) in [7, 11) is 1.81. The average Bonchev–Trinajstić information content (AvgIpc) is 3.09. The minimum absolute atomic E-state index is 0.0105. The molecule has 4 amide bonds. The zero-order valence-electron chi connectivity index (χ0n) is 19.1. The summed E-state index contributed by atoms with van der Waals surface area (Å²) >= 11 is 0.833. The van der Waals surface area contributed by atoms with E-state index < -0.39 is 11.1 Å². The number of amides is 4. The van der Waals surface area contributed by atoms with Gasteiger partial charge in [-0.2, -0.15) is 4.98 Å². The van der Waals surface area contributed by atoms with Crippen molar-refractivity contribution in [3.8, 4) is 0 Å². The van der Waals surface area contributed by atoms with Crippen LogP contribution >= 0.6 is 11.8 Å². The largest absolute Gasteiger partial charge is 0.395 e. The van der Waals surface area contributed by atoms with E-state index >= 15 is 0 Å². The molecular formula is C23H25N7O4S. The Bertz CT molecular complexity index is 1190. The van der Waals surface area contributed by atoms with Crippen LogP contribution in [0, 0.1) is 5.41 Å². The number of hydrogen-bond donors (Lipinski definition) is 3. The second-order valence-electron chi connectivity index (χ2n) is 8.96. The van der Waals surface area contributed by atoms with Crippen LogP contribution in [0.4, 0.5) is 27.0 Å². The molecule has 11 nitrogen and oxygen atoms in total. The highest BCUT2D eigenvalue weighted by atomic mass is 32.2. The molecule has 3 saturated heterocycles. The van der Waals surface area contributed by atoms with Crippen molar-refractivity contribution in [2.45, 2.75) is 0 Å². The highest BCUT2D eigenvalue weighted by Crippen LogP contribution is 2.41. The summed E-state index contributed by atoms with van der Waals surface area (Å²) in [4.78, 5) is 51.1. The number of urea groups is 1. The molecule has 3 aliphatic heterocycles. The number of nitrogens with zero attached hydrogens (tertiary/aromatic N) is 5. The summed E-state index contributed by atoms with van der Waals surface area (Å²) in [6, 6.07) is 11.0. The van der Waals surface area contributed by atoms with Crippen molar-refractivity contribution in [2.75, 3.05) is 61.5 Å². The van der Waals surface area contributed by atoms with Gasteiger partial charge in [-0.15, -0.1) is 0 Å². The molecule has 1 aromatic heterocycles. The van der Waals surface area contributed by atoms with E-state index in [2.05, 4.69) is 20.6 Å². The van der Waals surface area contributed by atoms with Gasteiger partial charge in [0.25, 0.3) is 11.1 Å². The average molecular weight is 496 g/mol. The van der Waals surface area contributed by atoms with Gasteiger partial charge < -0.3 is 25.1 Å². The zero-order chi connectivity index (χ0) is 24.6. The van der Waals surface area contributed by atoms with Gasteiger partial charge in [0.15, 0.2) is 0 Å². The van der Waals surface area contributed by atoms with Crippen LogP contribution in [0.1, 0.15) is 5.69 Å². The van der Waals surface area contributed by atoms with Crippen molar-refractivity contribution in [3.63, 3.8) is 0 Å². The Balaban J connectivity index is 1.27. The third-order valence-electron chi connectivity index (χ3n) is 6.17. The number of benzene rings is 1. The SMILES string of the molecule is CN(CCO)c1cc(/C=C2\SC(=O)NC2=O)nc(N2CC3(CN(C(=O)Nc4ccccc4)C3)C2)n1.